The second-order valence-corrected chi connectivity index (χ2v) is 5.56. The van der Waals surface area contributed by atoms with Gasteiger partial charge in [0, 0.05) is 5.69 Å². The molecule has 1 atom stereocenters. The fourth-order valence-corrected chi connectivity index (χ4v) is 2.35. The van der Waals surface area contributed by atoms with Gasteiger partial charge in [-0.15, -0.1) is 0 Å². The Balaban J connectivity index is 1.67. The minimum absolute atomic E-state index is 0.0257. The zero-order chi connectivity index (χ0) is 13.0. The Bertz CT molecular complexity index is 390. The van der Waals surface area contributed by atoms with Crippen molar-refractivity contribution in [1.82, 2.24) is 0 Å². The van der Waals surface area contributed by atoms with Gasteiger partial charge in [-0.05, 0) is 44.7 Å². The monoisotopic (exact) mass is 249 g/mol. The van der Waals surface area contributed by atoms with Crippen molar-refractivity contribution in [3.63, 3.8) is 0 Å². The molecule has 18 heavy (non-hydrogen) atoms. The normalized spacial score (nSPS) is 22.2. The van der Waals surface area contributed by atoms with Crippen LogP contribution in [0, 0.1) is 0 Å². The second kappa shape index (κ2) is 5.72. The van der Waals surface area contributed by atoms with Gasteiger partial charge in [0.05, 0.1) is 24.9 Å². The van der Waals surface area contributed by atoms with E-state index in [2.05, 4.69) is 13.8 Å². The summed E-state index contributed by atoms with van der Waals surface area (Å²) in [5.74, 6) is 0. The lowest BCUT2D eigenvalue weighted by Gasteiger charge is -2.19. The fraction of sp³-hybridized carbons (Fsp3) is 0.600. The summed E-state index contributed by atoms with van der Waals surface area (Å²) in [6.07, 6.45) is 3.34. The Hall–Kier alpha value is -1.06. The predicted octanol–water partition coefficient (Wildman–Crippen LogP) is 2.79. The molecule has 1 heterocycles. The van der Waals surface area contributed by atoms with Gasteiger partial charge >= 0.3 is 0 Å². The zero-order valence-electron chi connectivity index (χ0n) is 11.3. The molecule has 1 unspecified atom stereocenters. The number of nitrogen functional groups attached to an aromatic ring is 1. The van der Waals surface area contributed by atoms with Gasteiger partial charge in [-0.3, -0.25) is 0 Å². The number of hydrogen-bond acceptors (Lipinski definition) is 3. The molecule has 0 amide bonds. The molecule has 1 aromatic carbocycles. The van der Waals surface area contributed by atoms with Crippen LogP contribution in [0.4, 0.5) is 5.69 Å². The highest BCUT2D eigenvalue weighted by atomic mass is 16.5. The summed E-state index contributed by atoms with van der Waals surface area (Å²) in [6.45, 7) is 5.67. The van der Waals surface area contributed by atoms with Crippen LogP contribution in [-0.4, -0.2) is 24.9 Å². The van der Waals surface area contributed by atoms with Crippen molar-refractivity contribution in [1.29, 1.82) is 0 Å². The summed E-state index contributed by atoms with van der Waals surface area (Å²) in [6, 6.07) is 7.94. The minimum atomic E-state index is 0.0257. The molecule has 1 aromatic rings. The number of nitrogens with two attached hydrogens (primary N) is 1. The number of rotatable bonds is 5. The van der Waals surface area contributed by atoms with Crippen LogP contribution < -0.4 is 5.73 Å². The van der Waals surface area contributed by atoms with E-state index in [1.165, 1.54) is 0 Å². The Morgan fingerprint density at radius 1 is 1.39 bits per heavy atom. The van der Waals surface area contributed by atoms with E-state index in [1.54, 1.807) is 0 Å². The third-order valence-corrected chi connectivity index (χ3v) is 3.43. The molecule has 2 rings (SSSR count). The zero-order valence-corrected chi connectivity index (χ0v) is 11.3. The van der Waals surface area contributed by atoms with Crippen molar-refractivity contribution in [2.75, 3.05) is 18.9 Å². The molecule has 2 N–H and O–H groups in total. The number of hydrogen-bond donors (Lipinski definition) is 1. The van der Waals surface area contributed by atoms with Crippen molar-refractivity contribution in [2.24, 2.45) is 0 Å². The van der Waals surface area contributed by atoms with E-state index in [-0.39, 0.29) is 11.7 Å². The summed E-state index contributed by atoms with van der Waals surface area (Å²) < 4.78 is 11.6. The summed E-state index contributed by atoms with van der Waals surface area (Å²) in [4.78, 5) is 0. The van der Waals surface area contributed by atoms with Gasteiger partial charge in [0.1, 0.15) is 0 Å². The van der Waals surface area contributed by atoms with E-state index < -0.39 is 0 Å². The average Bonchev–Trinajstić information content (AvgIpc) is 2.67. The molecule has 1 aliphatic rings. The third kappa shape index (κ3) is 3.72. The van der Waals surface area contributed by atoms with Gasteiger partial charge in [-0.25, -0.2) is 0 Å². The highest BCUT2D eigenvalue weighted by Crippen LogP contribution is 2.29. The fourth-order valence-electron chi connectivity index (χ4n) is 2.35. The molecular formula is C15H23NO2. The van der Waals surface area contributed by atoms with E-state index >= 15 is 0 Å². The Kier molecular flexibility index (Phi) is 4.25. The molecule has 1 fully saturated rings. The standard InChI is InChI=1S/C15H23NO2/c1-15(2)9-7-13(18-15)11-17-10-8-12-5-3-4-6-14(12)16/h3-6,13H,7-11,16H2,1-2H3. The molecule has 1 aliphatic heterocycles. The number of anilines is 1. The van der Waals surface area contributed by atoms with Crippen molar-refractivity contribution < 1.29 is 9.47 Å². The maximum absolute atomic E-state index is 5.88. The first-order valence-electron chi connectivity index (χ1n) is 6.66. The maximum atomic E-state index is 5.88. The summed E-state index contributed by atoms with van der Waals surface area (Å²) >= 11 is 0. The van der Waals surface area contributed by atoms with Crippen molar-refractivity contribution in [2.45, 2.75) is 44.8 Å². The molecule has 0 aliphatic carbocycles. The molecule has 3 heteroatoms. The van der Waals surface area contributed by atoms with Gasteiger partial charge in [-0.2, -0.15) is 0 Å². The number of ether oxygens (including phenoxy) is 2. The van der Waals surface area contributed by atoms with Gasteiger partial charge in [0.25, 0.3) is 0 Å². The largest absolute Gasteiger partial charge is 0.399 e. The van der Waals surface area contributed by atoms with Crippen molar-refractivity contribution >= 4 is 5.69 Å². The number of benzene rings is 1. The summed E-state index contributed by atoms with van der Waals surface area (Å²) in [5.41, 5.74) is 7.91. The van der Waals surface area contributed by atoms with Crippen LogP contribution >= 0.6 is 0 Å². The number of para-hydroxylation sites is 1. The average molecular weight is 249 g/mol. The van der Waals surface area contributed by atoms with E-state index in [9.17, 15) is 0 Å². The summed E-state index contributed by atoms with van der Waals surface area (Å²) in [7, 11) is 0. The van der Waals surface area contributed by atoms with Crippen LogP contribution in [0.3, 0.4) is 0 Å². The minimum Gasteiger partial charge on any atom is -0.399 e. The molecule has 0 aromatic heterocycles. The van der Waals surface area contributed by atoms with E-state index in [0.717, 1.165) is 30.5 Å². The van der Waals surface area contributed by atoms with Gasteiger partial charge in [0.15, 0.2) is 0 Å². The van der Waals surface area contributed by atoms with Crippen LogP contribution in [0.25, 0.3) is 0 Å². The molecule has 1 saturated heterocycles. The lowest BCUT2D eigenvalue weighted by atomic mass is 10.1. The van der Waals surface area contributed by atoms with Crippen LogP contribution in [0.1, 0.15) is 32.3 Å². The topological polar surface area (TPSA) is 44.5 Å². The highest BCUT2D eigenvalue weighted by molar-refractivity contribution is 5.46. The van der Waals surface area contributed by atoms with E-state index in [4.69, 9.17) is 15.2 Å². The molecule has 3 nitrogen and oxygen atoms in total. The third-order valence-electron chi connectivity index (χ3n) is 3.43. The highest BCUT2D eigenvalue weighted by Gasteiger charge is 2.31. The molecule has 0 spiro atoms. The lowest BCUT2D eigenvalue weighted by Crippen LogP contribution is -2.23. The SMILES string of the molecule is CC1(C)CCC(COCCc2ccccc2N)O1. The van der Waals surface area contributed by atoms with Crippen molar-refractivity contribution in [3.8, 4) is 0 Å². The van der Waals surface area contributed by atoms with Crippen LogP contribution in [0.5, 0.6) is 0 Å². The van der Waals surface area contributed by atoms with Crippen LogP contribution in [-0.2, 0) is 15.9 Å². The second-order valence-electron chi connectivity index (χ2n) is 5.56. The first kappa shape index (κ1) is 13.4. The van der Waals surface area contributed by atoms with Gasteiger partial charge in [0.2, 0.25) is 0 Å². The van der Waals surface area contributed by atoms with Crippen molar-refractivity contribution in [3.05, 3.63) is 29.8 Å². The van der Waals surface area contributed by atoms with Gasteiger partial charge < -0.3 is 15.2 Å². The lowest BCUT2D eigenvalue weighted by molar-refractivity contribution is -0.0527. The van der Waals surface area contributed by atoms with Gasteiger partial charge in [-0.1, -0.05) is 18.2 Å². The predicted molar refractivity (Wildman–Crippen MR) is 73.6 cm³/mol. The van der Waals surface area contributed by atoms with E-state index in [0.29, 0.717) is 13.2 Å². The Morgan fingerprint density at radius 2 is 2.17 bits per heavy atom. The Labute approximate surface area is 109 Å². The summed E-state index contributed by atoms with van der Waals surface area (Å²) in [5, 5.41) is 0. The van der Waals surface area contributed by atoms with Crippen LogP contribution in [0.15, 0.2) is 24.3 Å². The molecule has 0 radical (unpaired) electrons. The Morgan fingerprint density at radius 3 is 2.83 bits per heavy atom. The smallest absolute Gasteiger partial charge is 0.0816 e. The quantitative estimate of drug-likeness (QED) is 0.644. The molecular weight excluding hydrogens is 226 g/mol. The molecule has 100 valence electrons. The first-order valence-corrected chi connectivity index (χ1v) is 6.66. The first-order chi connectivity index (χ1) is 8.57. The molecule has 0 bridgehead atoms. The maximum Gasteiger partial charge on any atom is 0.0816 e. The van der Waals surface area contributed by atoms with E-state index in [1.807, 2.05) is 24.3 Å². The molecule has 0 saturated carbocycles. The van der Waals surface area contributed by atoms with Crippen LogP contribution in [0.2, 0.25) is 0 Å².